The Morgan fingerprint density at radius 1 is 1.14 bits per heavy atom. The second-order valence-corrected chi connectivity index (χ2v) is 12.7. The van der Waals surface area contributed by atoms with Gasteiger partial charge in [-0.15, -0.1) is 11.3 Å². The average Bonchev–Trinajstić information content (AvgIpc) is 3.39. The Bertz CT molecular complexity index is 1100. The number of aliphatic hydroxyl groups is 1. The molecule has 0 bridgehead atoms. The Hall–Kier alpha value is -2.58. The van der Waals surface area contributed by atoms with Gasteiger partial charge in [0.2, 0.25) is 11.8 Å². The van der Waals surface area contributed by atoms with Crippen molar-refractivity contribution >= 4 is 28.9 Å². The Kier molecular flexibility index (Phi) is 8.41. The van der Waals surface area contributed by atoms with Crippen LogP contribution in [0.3, 0.4) is 0 Å². The summed E-state index contributed by atoms with van der Waals surface area (Å²) in [6.45, 7) is 13.1. The number of aliphatic hydroxyl groups excluding tert-OH is 1. The number of thiazole rings is 1. The molecule has 1 aliphatic heterocycles. The van der Waals surface area contributed by atoms with Crippen LogP contribution in [0.2, 0.25) is 0 Å². The minimum absolute atomic E-state index is 0.0721. The summed E-state index contributed by atoms with van der Waals surface area (Å²) in [5.41, 5.74) is 3.76. The largest absolute Gasteiger partial charge is 0.391 e. The number of Topliss-reactive ketones (excluding diaryl/α,β-unsaturated/α-hetero) is 1. The lowest BCUT2D eigenvalue weighted by atomic mass is 9.84. The molecule has 2 N–H and O–H groups in total. The molecule has 196 valence electrons. The number of hydrogen-bond donors (Lipinski definition) is 2. The first-order valence-corrected chi connectivity index (χ1v) is 13.4. The molecule has 3 unspecified atom stereocenters. The third kappa shape index (κ3) is 6.59. The topological polar surface area (TPSA) is 99.6 Å². The predicted molar refractivity (Wildman–Crippen MR) is 143 cm³/mol. The molecule has 1 aliphatic rings. The van der Waals surface area contributed by atoms with Gasteiger partial charge in [0.15, 0.2) is 5.78 Å². The summed E-state index contributed by atoms with van der Waals surface area (Å²) in [6.07, 6.45) is 0.287. The van der Waals surface area contributed by atoms with Gasteiger partial charge in [-0.2, -0.15) is 0 Å². The molecule has 1 aromatic heterocycles. The fourth-order valence-electron chi connectivity index (χ4n) is 4.36. The van der Waals surface area contributed by atoms with Crippen molar-refractivity contribution in [2.24, 2.45) is 10.8 Å². The van der Waals surface area contributed by atoms with E-state index in [1.54, 1.807) is 32.1 Å². The summed E-state index contributed by atoms with van der Waals surface area (Å²) in [4.78, 5) is 46.5. The Balaban J connectivity index is 1.69. The van der Waals surface area contributed by atoms with Crippen molar-refractivity contribution in [3.05, 3.63) is 41.0 Å². The highest BCUT2D eigenvalue weighted by atomic mass is 32.1. The molecule has 0 radical (unpaired) electrons. The number of rotatable bonds is 7. The van der Waals surface area contributed by atoms with Gasteiger partial charge in [-0.1, -0.05) is 65.8 Å². The van der Waals surface area contributed by atoms with E-state index in [2.05, 4.69) is 10.3 Å². The van der Waals surface area contributed by atoms with Crippen molar-refractivity contribution in [3.63, 3.8) is 0 Å². The van der Waals surface area contributed by atoms with Crippen molar-refractivity contribution in [2.75, 3.05) is 6.54 Å². The number of amides is 2. The zero-order valence-corrected chi connectivity index (χ0v) is 23.2. The van der Waals surface area contributed by atoms with E-state index in [0.717, 1.165) is 21.7 Å². The molecule has 3 rings (SSSR count). The molecule has 7 nitrogen and oxygen atoms in total. The molecule has 0 saturated carbocycles. The number of nitrogens with zero attached hydrogens (tertiary/aromatic N) is 2. The number of aromatic nitrogens is 1. The summed E-state index contributed by atoms with van der Waals surface area (Å²) >= 11 is 1.60. The van der Waals surface area contributed by atoms with Crippen LogP contribution in [0, 0.1) is 17.8 Å². The monoisotopic (exact) mass is 513 g/mol. The zero-order valence-electron chi connectivity index (χ0n) is 22.4. The van der Waals surface area contributed by atoms with E-state index in [1.165, 1.54) is 4.90 Å². The van der Waals surface area contributed by atoms with Crippen molar-refractivity contribution in [1.29, 1.82) is 0 Å². The Morgan fingerprint density at radius 3 is 2.31 bits per heavy atom. The highest BCUT2D eigenvalue weighted by Crippen LogP contribution is 2.29. The number of β-amino-alcohol motifs (C(OH)–C–C–N with tert-alkyl or cyclic N) is 1. The SMILES string of the molecule is Cc1ncsc1-c1ccc(CCC(=O)C2CC(O)CN2C(=O)C(NC(=O)C(C)(C)C)C(C)(C)C)cc1. The predicted octanol–water partition coefficient (Wildman–Crippen LogP) is 4.16. The maximum atomic E-state index is 13.6. The van der Waals surface area contributed by atoms with Gasteiger partial charge < -0.3 is 15.3 Å². The third-order valence-corrected chi connectivity index (χ3v) is 7.60. The maximum absolute atomic E-state index is 13.6. The summed E-state index contributed by atoms with van der Waals surface area (Å²) in [7, 11) is 0. The molecule has 2 aromatic rings. The van der Waals surface area contributed by atoms with Crippen LogP contribution in [0.5, 0.6) is 0 Å². The van der Waals surface area contributed by atoms with Crippen LogP contribution >= 0.6 is 11.3 Å². The number of carbonyl (C=O) groups is 3. The van der Waals surface area contributed by atoms with E-state index in [4.69, 9.17) is 0 Å². The quantitative estimate of drug-likeness (QED) is 0.579. The minimum atomic E-state index is -0.799. The first-order valence-electron chi connectivity index (χ1n) is 12.5. The lowest BCUT2D eigenvalue weighted by molar-refractivity contribution is -0.144. The van der Waals surface area contributed by atoms with E-state index in [0.29, 0.717) is 6.42 Å². The highest BCUT2D eigenvalue weighted by molar-refractivity contribution is 7.13. The number of hydrogen-bond acceptors (Lipinski definition) is 6. The second-order valence-electron chi connectivity index (χ2n) is 11.8. The zero-order chi connectivity index (χ0) is 26.8. The fourth-order valence-corrected chi connectivity index (χ4v) is 5.17. The number of carbonyl (C=O) groups excluding carboxylic acids is 3. The van der Waals surface area contributed by atoms with Crippen LogP contribution < -0.4 is 5.32 Å². The van der Waals surface area contributed by atoms with Gasteiger partial charge in [0.25, 0.3) is 0 Å². The molecule has 36 heavy (non-hydrogen) atoms. The number of likely N-dealkylation sites (tertiary alicyclic amines) is 1. The number of nitrogens with one attached hydrogen (secondary N) is 1. The van der Waals surface area contributed by atoms with E-state index >= 15 is 0 Å². The average molecular weight is 514 g/mol. The molecule has 2 amide bonds. The number of ketones is 1. The molecule has 1 aromatic carbocycles. The molecular formula is C28H39N3O4S. The molecular weight excluding hydrogens is 474 g/mol. The molecule has 1 fully saturated rings. The van der Waals surface area contributed by atoms with Gasteiger partial charge >= 0.3 is 0 Å². The maximum Gasteiger partial charge on any atom is 0.246 e. The van der Waals surface area contributed by atoms with Crippen LogP contribution in [0.15, 0.2) is 29.8 Å². The normalized spacial score (nSPS) is 19.3. The van der Waals surface area contributed by atoms with Crippen LogP contribution in [0.4, 0.5) is 0 Å². The Morgan fingerprint density at radius 2 is 1.78 bits per heavy atom. The third-order valence-electron chi connectivity index (χ3n) is 6.63. The van der Waals surface area contributed by atoms with E-state index in [-0.39, 0.29) is 37.0 Å². The second kappa shape index (κ2) is 10.8. The van der Waals surface area contributed by atoms with Crippen molar-refractivity contribution in [2.45, 2.75) is 85.9 Å². The highest BCUT2D eigenvalue weighted by Gasteiger charge is 2.44. The van der Waals surface area contributed by atoms with Crippen LogP contribution in [0.25, 0.3) is 10.4 Å². The van der Waals surface area contributed by atoms with Gasteiger partial charge in [0, 0.05) is 24.8 Å². The lowest BCUT2D eigenvalue weighted by Gasteiger charge is -2.36. The lowest BCUT2D eigenvalue weighted by Crippen LogP contribution is -2.58. The van der Waals surface area contributed by atoms with Gasteiger partial charge in [-0.3, -0.25) is 14.4 Å². The van der Waals surface area contributed by atoms with Gasteiger partial charge in [-0.25, -0.2) is 4.98 Å². The van der Waals surface area contributed by atoms with Crippen LogP contribution in [0.1, 0.15) is 65.6 Å². The molecule has 8 heteroatoms. The van der Waals surface area contributed by atoms with Gasteiger partial charge in [-0.05, 0) is 29.9 Å². The van der Waals surface area contributed by atoms with Crippen molar-refractivity contribution in [3.8, 4) is 10.4 Å². The first kappa shape index (κ1) is 28.0. The Labute approximate surface area is 218 Å². The minimum Gasteiger partial charge on any atom is -0.391 e. The summed E-state index contributed by atoms with van der Waals surface area (Å²) in [5.74, 6) is -0.619. The smallest absolute Gasteiger partial charge is 0.246 e. The standard InChI is InChI=1S/C28H39N3O4S/c1-17-23(36-16-29-17)19-11-8-18(9-12-19)10-13-22(33)21-14-20(32)15-31(21)25(34)24(27(2,3)4)30-26(35)28(5,6)7/h8-9,11-12,16,20-21,24,32H,10,13-15H2,1-7H3,(H,30,35). The number of benzene rings is 1. The van der Waals surface area contributed by atoms with Crippen molar-refractivity contribution < 1.29 is 19.5 Å². The van der Waals surface area contributed by atoms with Gasteiger partial charge in [0.05, 0.1) is 28.2 Å². The van der Waals surface area contributed by atoms with E-state index in [9.17, 15) is 19.5 Å². The molecule has 0 spiro atoms. The van der Waals surface area contributed by atoms with Crippen LogP contribution in [-0.2, 0) is 20.8 Å². The number of aryl methyl sites for hydroxylation is 2. The summed E-state index contributed by atoms with van der Waals surface area (Å²) in [6, 6.07) is 6.64. The summed E-state index contributed by atoms with van der Waals surface area (Å²) in [5, 5.41) is 13.3. The van der Waals surface area contributed by atoms with E-state index in [1.807, 2.05) is 57.5 Å². The van der Waals surface area contributed by atoms with Crippen LogP contribution in [-0.4, -0.2) is 57.3 Å². The molecule has 0 aliphatic carbocycles. The first-order chi connectivity index (χ1) is 16.7. The van der Waals surface area contributed by atoms with Crippen molar-refractivity contribution in [1.82, 2.24) is 15.2 Å². The van der Waals surface area contributed by atoms with Gasteiger partial charge in [0.1, 0.15) is 6.04 Å². The summed E-state index contributed by atoms with van der Waals surface area (Å²) < 4.78 is 0. The molecule has 3 atom stereocenters. The molecule has 1 saturated heterocycles. The molecule has 2 heterocycles. The fraction of sp³-hybridized carbons (Fsp3) is 0.571. The van der Waals surface area contributed by atoms with E-state index < -0.39 is 29.0 Å².